The lowest BCUT2D eigenvalue weighted by atomic mass is 10.0. The monoisotopic (exact) mass is 310 g/mol. The van der Waals surface area contributed by atoms with Crippen LogP contribution < -0.4 is 5.73 Å². The van der Waals surface area contributed by atoms with Gasteiger partial charge in [0.1, 0.15) is 0 Å². The number of rotatable bonds is 6. The third-order valence-corrected chi connectivity index (χ3v) is 6.79. The molecule has 1 fully saturated rings. The SMILES string of the molecule is CCN(Cc1ccccc1CN)S(=O)(=O)C1CCCCC1. The minimum Gasteiger partial charge on any atom is -0.326 e. The van der Waals surface area contributed by atoms with Crippen molar-refractivity contribution in [1.29, 1.82) is 0 Å². The van der Waals surface area contributed by atoms with Crippen LogP contribution in [0.3, 0.4) is 0 Å². The molecule has 1 saturated carbocycles. The summed E-state index contributed by atoms with van der Waals surface area (Å²) in [4.78, 5) is 0. The summed E-state index contributed by atoms with van der Waals surface area (Å²) in [5.41, 5.74) is 7.79. The molecule has 1 aromatic rings. The zero-order valence-corrected chi connectivity index (χ0v) is 13.6. The Morgan fingerprint density at radius 1 is 1.14 bits per heavy atom. The van der Waals surface area contributed by atoms with E-state index in [1.165, 1.54) is 0 Å². The van der Waals surface area contributed by atoms with Crippen LogP contribution in [0.15, 0.2) is 24.3 Å². The van der Waals surface area contributed by atoms with Gasteiger partial charge in [-0.2, -0.15) is 4.31 Å². The Morgan fingerprint density at radius 2 is 1.76 bits per heavy atom. The van der Waals surface area contributed by atoms with Gasteiger partial charge in [0.15, 0.2) is 0 Å². The fourth-order valence-corrected chi connectivity index (χ4v) is 5.09. The molecule has 0 spiro atoms. The Labute approximate surface area is 128 Å². The summed E-state index contributed by atoms with van der Waals surface area (Å²) >= 11 is 0. The van der Waals surface area contributed by atoms with E-state index in [9.17, 15) is 8.42 Å². The van der Waals surface area contributed by atoms with Crippen molar-refractivity contribution in [3.05, 3.63) is 35.4 Å². The van der Waals surface area contributed by atoms with E-state index in [-0.39, 0.29) is 5.25 Å². The van der Waals surface area contributed by atoms with Crippen LogP contribution in [-0.2, 0) is 23.1 Å². The summed E-state index contributed by atoms with van der Waals surface area (Å²) in [6.45, 7) is 3.29. The first-order valence-electron chi connectivity index (χ1n) is 7.85. The van der Waals surface area contributed by atoms with Crippen molar-refractivity contribution in [2.24, 2.45) is 5.73 Å². The predicted octanol–water partition coefficient (Wildman–Crippen LogP) is 2.63. The maximum absolute atomic E-state index is 12.8. The molecule has 1 aromatic carbocycles. The minimum absolute atomic E-state index is 0.198. The molecular formula is C16H26N2O2S. The molecule has 0 saturated heterocycles. The molecule has 0 unspecified atom stereocenters. The highest BCUT2D eigenvalue weighted by Gasteiger charge is 2.32. The number of hydrogen-bond donors (Lipinski definition) is 1. The first-order valence-corrected chi connectivity index (χ1v) is 9.35. The van der Waals surface area contributed by atoms with Crippen molar-refractivity contribution in [2.75, 3.05) is 6.54 Å². The molecule has 4 nitrogen and oxygen atoms in total. The van der Waals surface area contributed by atoms with Crippen LogP contribution in [-0.4, -0.2) is 24.5 Å². The average molecular weight is 310 g/mol. The first kappa shape index (κ1) is 16.5. The van der Waals surface area contributed by atoms with Crippen molar-refractivity contribution < 1.29 is 8.42 Å². The molecule has 0 aromatic heterocycles. The summed E-state index contributed by atoms with van der Waals surface area (Å²) < 4.78 is 27.3. The van der Waals surface area contributed by atoms with Crippen molar-refractivity contribution in [2.45, 2.75) is 57.4 Å². The zero-order valence-electron chi connectivity index (χ0n) is 12.8. The topological polar surface area (TPSA) is 63.4 Å². The number of nitrogens with two attached hydrogens (primary N) is 1. The van der Waals surface area contributed by atoms with E-state index in [0.717, 1.165) is 43.2 Å². The lowest BCUT2D eigenvalue weighted by Gasteiger charge is -2.29. The third-order valence-electron chi connectivity index (χ3n) is 4.37. The maximum atomic E-state index is 12.8. The van der Waals surface area contributed by atoms with Crippen LogP contribution in [0.25, 0.3) is 0 Å². The van der Waals surface area contributed by atoms with Gasteiger partial charge in [0, 0.05) is 19.6 Å². The van der Waals surface area contributed by atoms with E-state index in [2.05, 4.69) is 0 Å². The predicted molar refractivity (Wildman–Crippen MR) is 86.2 cm³/mol. The summed E-state index contributed by atoms with van der Waals surface area (Å²) in [7, 11) is -3.20. The van der Waals surface area contributed by atoms with Gasteiger partial charge in [0.2, 0.25) is 10.0 Å². The molecule has 5 heteroatoms. The lowest BCUT2D eigenvalue weighted by molar-refractivity contribution is 0.394. The summed E-state index contributed by atoms with van der Waals surface area (Å²) in [6, 6.07) is 7.82. The Kier molecular flexibility index (Phi) is 5.79. The lowest BCUT2D eigenvalue weighted by Crippen LogP contribution is -2.39. The van der Waals surface area contributed by atoms with Crippen molar-refractivity contribution >= 4 is 10.0 Å². The number of sulfonamides is 1. The van der Waals surface area contributed by atoms with Gasteiger partial charge in [-0.05, 0) is 24.0 Å². The second-order valence-corrected chi connectivity index (χ2v) is 7.92. The molecule has 0 atom stereocenters. The highest BCUT2D eigenvalue weighted by atomic mass is 32.2. The molecule has 0 amide bonds. The van der Waals surface area contributed by atoms with Gasteiger partial charge in [-0.25, -0.2) is 8.42 Å². The van der Waals surface area contributed by atoms with Crippen LogP contribution in [0.1, 0.15) is 50.2 Å². The van der Waals surface area contributed by atoms with Gasteiger partial charge < -0.3 is 5.73 Å². The molecule has 1 aliphatic carbocycles. The summed E-state index contributed by atoms with van der Waals surface area (Å²) in [6.07, 6.45) is 4.82. The second kappa shape index (κ2) is 7.38. The summed E-state index contributed by atoms with van der Waals surface area (Å²) in [5.74, 6) is 0. The Morgan fingerprint density at radius 3 is 2.33 bits per heavy atom. The average Bonchev–Trinajstić information content (AvgIpc) is 2.53. The third kappa shape index (κ3) is 3.84. The van der Waals surface area contributed by atoms with Gasteiger partial charge in [-0.15, -0.1) is 0 Å². The Balaban J connectivity index is 2.18. The van der Waals surface area contributed by atoms with Crippen LogP contribution in [0.4, 0.5) is 0 Å². The molecule has 2 rings (SSSR count). The number of hydrogen-bond acceptors (Lipinski definition) is 3. The van der Waals surface area contributed by atoms with E-state index in [1.807, 2.05) is 31.2 Å². The van der Waals surface area contributed by atoms with Crippen molar-refractivity contribution in [3.63, 3.8) is 0 Å². The van der Waals surface area contributed by atoms with Crippen LogP contribution in [0.2, 0.25) is 0 Å². The Hall–Kier alpha value is -0.910. The van der Waals surface area contributed by atoms with E-state index >= 15 is 0 Å². The zero-order chi connectivity index (χ0) is 15.3. The minimum atomic E-state index is -3.20. The fourth-order valence-electron chi connectivity index (χ4n) is 3.06. The van der Waals surface area contributed by atoms with Gasteiger partial charge in [-0.1, -0.05) is 50.5 Å². The molecule has 0 bridgehead atoms. The standard InChI is InChI=1S/C16H26N2O2S/c1-2-18(13-15-9-7-6-8-14(15)12-17)21(19,20)16-10-4-3-5-11-16/h6-9,16H,2-5,10-13,17H2,1H3. The van der Waals surface area contributed by atoms with E-state index in [1.54, 1.807) is 4.31 Å². The van der Waals surface area contributed by atoms with Gasteiger partial charge >= 0.3 is 0 Å². The quantitative estimate of drug-likeness (QED) is 0.878. The molecule has 0 aliphatic heterocycles. The van der Waals surface area contributed by atoms with E-state index in [4.69, 9.17) is 5.73 Å². The highest BCUT2D eigenvalue weighted by molar-refractivity contribution is 7.89. The number of nitrogens with zero attached hydrogens (tertiary/aromatic N) is 1. The highest BCUT2D eigenvalue weighted by Crippen LogP contribution is 2.27. The van der Waals surface area contributed by atoms with Crippen LogP contribution in [0.5, 0.6) is 0 Å². The maximum Gasteiger partial charge on any atom is 0.217 e. The first-order chi connectivity index (χ1) is 10.1. The molecule has 0 radical (unpaired) electrons. The molecule has 21 heavy (non-hydrogen) atoms. The molecule has 0 heterocycles. The Bertz CT molecular complexity index is 551. The molecule has 118 valence electrons. The van der Waals surface area contributed by atoms with Crippen LogP contribution >= 0.6 is 0 Å². The smallest absolute Gasteiger partial charge is 0.217 e. The molecular weight excluding hydrogens is 284 g/mol. The second-order valence-electron chi connectivity index (χ2n) is 5.70. The van der Waals surface area contributed by atoms with E-state index in [0.29, 0.717) is 19.6 Å². The van der Waals surface area contributed by atoms with Gasteiger partial charge in [-0.3, -0.25) is 0 Å². The molecule has 1 aliphatic rings. The molecule has 2 N–H and O–H groups in total. The summed E-state index contributed by atoms with van der Waals surface area (Å²) in [5, 5.41) is -0.198. The van der Waals surface area contributed by atoms with Gasteiger partial charge in [0.05, 0.1) is 5.25 Å². The normalized spacial score (nSPS) is 17.3. The van der Waals surface area contributed by atoms with Crippen molar-refractivity contribution in [3.8, 4) is 0 Å². The fraction of sp³-hybridized carbons (Fsp3) is 0.625. The van der Waals surface area contributed by atoms with E-state index < -0.39 is 10.0 Å². The van der Waals surface area contributed by atoms with Crippen LogP contribution in [0, 0.1) is 0 Å². The largest absolute Gasteiger partial charge is 0.326 e. The number of benzene rings is 1. The van der Waals surface area contributed by atoms with Gasteiger partial charge in [0.25, 0.3) is 0 Å². The van der Waals surface area contributed by atoms with Crippen molar-refractivity contribution in [1.82, 2.24) is 4.31 Å².